The fourth-order valence-electron chi connectivity index (χ4n) is 6.65. The van der Waals surface area contributed by atoms with Crippen molar-refractivity contribution < 1.29 is 57.7 Å². The van der Waals surface area contributed by atoms with Crippen LogP contribution in [0.25, 0.3) is 0 Å². The summed E-state index contributed by atoms with van der Waals surface area (Å²) in [4.78, 5) is 0. The van der Waals surface area contributed by atoms with Gasteiger partial charge >= 0.3 is 187 Å². The summed E-state index contributed by atoms with van der Waals surface area (Å²) in [5, 5.41) is 1.81. The molecule has 2 aliphatic rings. The summed E-state index contributed by atoms with van der Waals surface area (Å²) in [6.07, 6.45) is 12.4. The number of unbranched alkanes of at least 4 members (excludes halogenated alkanes) is 1. The van der Waals surface area contributed by atoms with E-state index in [-0.39, 0.29) is 37.2 Å². The second-order valence-corrected chi connectivity index (χ2v) is 15.4. The predicted molar refractivity (Wildman–Crippen MR) is 123 cm³/mol. The molecule has 2 aliphatic carbocycles. The van der Waals surface area contributed by atoms with Crippen molar-refractivity contribution in [2.24, 2.45) is 17.8 Å². The van der Waals surface area contributed by atoms with Crippen LogP contribution in [0.5, 0.6) is 0 Å². The van der Waals surface area contributed by atoms with Crippen LogP contribution in [0.2, 0.25) is 22.4 Å². The van der Waals surface area contributed by atoms with Gasteiger partial charge < -0.3 is 37.2 Å². The molecular weight excluding hydrogens is 495 g/mol. The van der Waals surface area contributed by atoms with Crippen molar-refractivity contribution in [3.63, 3.8) is 0 Å². The number of hydrogen-bond acceptors (Lipinski definition) is 0. The van der Waals surface area contributed by atoms with Crippen LogP contribution in [-0.2, 0) is 20.4 Å². The van der Waals surface area contributed by atoms with Crippen LogP contribution >= 0.6 is 0 Å². The predicted octanol–water partition coefficient (Wildman–Crippen LogP) is -1.96. The molecule has 0 aliphatic heterocycles. The number of allylic oxidation sites excluding steroid dienone is 4. The quantitative estimate of drug-likeness (QED) is 0.386. The minimum atomic E-state index is -1.69. The Kier molecular flexibility index (Phi) is 12.5. The van der Waals surface area contributed by atoms with E-state index in [0.717, 1.165) is 27.5 Å². The number of benzene rings is 1. The molecule has 0 saturated heterocycles. The molecule has 0 nitrogen and oxygen atoms in total. The van der Waals surface area contributed by atoms with Crippen molar-refractivity contribution in [2.75, 3.05) is 0 Å². The van der Waals surface area contributed by atoms with E-state index in [4.69, 9.17) is 0 Å². The summed E-state index contributed by atoms with van der Waals surface area (Å²) in [5.41, 5.74) is 8.68. The van der Waals surface area contributed by atoms with Gasteiger partial charge in [0.1, 0.15) is 0 Å². The first kappa shape index (κ1) is 31.5. The largest absolute Gasteiger partial charge is 1.00 e. The summed E-state index contributed by atoms with van der Waals surface area (Å²) in [7, 11) is -1.69. The average molecular weight is 534 g/mol. The molecule has 6 unspecified atom stereocenters. The zero-order valence-electron chi connectivity index (χ0n) is 20.5. The molecule has 3 rings (SSSR count). The average Bonchev–Trinajstić information content (AvgIpc) is 2.94. The molecule has 0 aromatic heterocycles. The Hall–Kier alpha value is 0.501. The van der Waals surface area contributed by atoms with Crippen molar-refractivity contribution >= 4 is 13.3 Å². The normalized spacial score (nSPS) is 28.1. The number of hydrogen-bond donors (Lipinski definition) is 0. The molecule has 0 bridgehead atoms. The molecule has 1 fully saturated rings. The molecular formula is C26H39Cl3SiTi. The third kappa shape index (κ3) is 5.28. The number of halogens is 3. The second-order valence-electron chi connectivity index (χ2n) is 9.86. The molecule has 0 spiro atoms. The van der Waals surface area contributed by atoms with Crippen LogP contribution in [0.1, 0.15) is 54.5 Å². The Bertz CT molecular complexity index is 790. The van der Waals surface area contributed by atoms with Crippen LogP contribution < -0.4 is 42.4 Å². The molecule has 172 valence electrons. The van der Waals surface area contributed by atoms with Gasteiger partial charge in [-0.15, -0.1) is 0 Å². The van der Waals surface area contributed by atoms with Crippen molar-refractivity contribution in [3.8, 4) is 0 Å². The SMILES string of the molecule is CCCC[Si](C)(c1c(C)c(C)c(C)c(C)c1C)C1C(C)[CH]([Ti+3])C2C=CC=CC21.[Cl-].[Cl-].[Cl-]. The van der Waals surface area contributed by atoms with Gasteiger partial charge in [-0.2, -0.15) is 0 Å². The van der Waals surface area contributed by atoms with Crippen LogP contribution in [0, 0.1) is 52.4 Å². The maximum atomic E-state index is 2.76. The van der Waals surface area contributed by atoms with E-state index < -0.39 is 8.07 Å². The molecule has 1 saturated carbocycles. The molecule has 1 aromatic carbocycles. The molecule has 0 N–H and O–H groups in total. The molecule has 6 atom stereocenters. The first-order chi connectivity index (χ1) is 13.2. The van der Waals surface area contributed by atoms with Crippen LogP contribution in [0.3, 0.4) is 0 Å². The fourth-order valence-corrected chi connectivity index (χ4v) is 14.4. The van der Waals surface area contributed by atoms with Crippen molar-refractivity contribution in [1.29, 1.82) is 0 Å². The van der Waals surface area contributed by atoms with E-state index in [9.17, 15) is 0 Å². The van der Waals surface area contributed by atoms with Gasteiger partial charge in [0.15, 0.2) is 0 Å². The van der Waals surface area contributed by atoms with E-state index in [1.807, 2.05) is 5.19 Å². The molecule has 0 amide bonds. The Morgan fingerprint density at radius 2 is 1.26 bits per heavy atom. The van der Waals surface area contributed by atoms with Gasteiger partial charge in [-0.3, -0.25) is 0 Å². The minimum absolute atomic E-state index is 0. The summed E-state index contributed by atoms with van der Waals surface area (Å²) in [6, 6.07) is 1.44. The maximum absolute atomic E-state index is 2.76. The standard InChI is InChI=1S/C26H39Si.3ClH.Ti/c1-9-10-15-27(8,25-17(2)16-23-13-11-12-14-24(23)25)26-21(6)19(4)18(3)20(5)22(26)7;;;;/h11-14,16-17,23-25H,9-10,15H2,1-8H3;3*1H;/q;;;;+3/p-3. The number of fused-ring (bicyclic) bond motifs is 1. The van der Waals surface area contributed by atoms with E-state index in [1.54, 1.807) is 22.3 Å². The van der Waals surface area contributed by atoms with Crippen LogP contribution in [0.15, 0.2) is 24.3 Å². The van der Waals surface area contributed by atoms with E-state index in [0.29, 0.717) is 0 Å². The van der Waals surface area contributed by atoms with Gasteiger partial charge in [0.05, 0.1) is 0 Å². The van der Waals surface area contributed by atoms with Gasteiger partial charge in [-0.25, -0.2) is 0 Å². The first-order valence-corrected chi connectivity index (χ1v) is 15.0. The molecule has 5 heteroatoms. The van der Waals surface area contributed by atoms with E-state index >= 15 is 0 Å². The van der Waals surface area contributed by atoms with E-state index in [1.165, 1.54) is 24.4 Å². The molecule has 0 radical (unpaired) electrons. The fraction of sp³-hybridized carbons (Fsp3) is 0.615. The van der Waals surface area contributed by atoms with Crippen LogP contribution in [-0.4, -0.2) is 8.07 Å². The van der Waals surface area contributed by atoms with Crippen molar-refractivity contribution in [3.05, 3.63) is 52.1 Å². The molecule has 0 heterocycles. The summed E-state index contributed by atoms with van der Waals surface area (Å²) in [5.74, 6) is 2.28. The third-order valence-electron chi connectivity index (χ3n) is 8.54. The topological polar surface area (TPSA) is 0 Å². The second kappa shape index (κ2) is 12.3. The smallest absolute Gasteiger partial charge is 1.00 e. The summed E-state index contributed by atoms with van der Waals surface area (Å²) >= 11 is 2.52. The van der Waals surface area contributed by atoms with Gasteiger partial charge in [0, 0.05) is 0 Å². The zero-order chi connectivity index (χ0) is 20.8. The van der Waals surface area contributed by atoms with Gasteiger partial charge in [-0.1, -0.05) is 0 Å². The Balaban J connectivity index is 0.00000300. The van der Waals surface area contributed by atoms with Gasteiger partial charge in [0.2, 0.25) is 0 Å². The van der Waals surface area contributed by atoms with Crippen molar-refractivity contribution in [2.45, 2.75) is 83.7 Å². The third-order valence-corrected chi connectivity index (χ3v) is 15.6. The van der Waals surface area contributed by atoms with Crippen LogP contribution in [0.4, 0.5) is 0 Å². The first-order valence-electron chi connectivity index (χ1n) is 11.3. The monoisotopic (exact) mass is 532 g/mol. The molecule has 31 heavy (non-hydrogen) atoms. The molecule has 1 aromatic rings. The zero-order valence-corrected chi connectivity index (χ0v) is 25.3. The Labute approximate surface area is 223 Å². The minimum Gasteiger partial charge on any atom is -1.00 e. The summed E-state index contributed by atoms with van der Waals surface area (Å²) < 4.78 is 0.790. The number of rotatable bonds is 5. The van der Waals surface area contributed by atoms with Gasteiger partial charge in [0.25, 0.3) is 0 Å². The van der Waals surface area contributed by atoms with Crippen molar-refractivity contribution in [1.82, 2.24) is 0 Å². The maximum Gasteiger partial charge on any atom is -1.00 e. The van der Waals surface area contributed by atoms with Gasteiger partial charge in [-0.05, 0) is 0 Å². The Morgan fingerprint density at radius 3 is 1.74 bits per heavy atom. The Morgan fingerprint density at radius 1 is 0.806 bits per heavy atom. The summed E-state index contributed by atoms with van der Waals surface area (Å²) in [6.45, 7) is 19.6. The van der Waals surface area contributed by atoms with E-state index in [2.05, 4.69) is 99.8 Å².